The van der Waals surface area contributed by atoms with Gasteiger partial charge in [-0.1, -0.05) is 24.3 Å². The number of carbonyl (C=O) groups excluding carboxylic acids is 1. The molecule has 0 radical (unpaired) electrons. The van der Waals surface area contributed by atoms with Crippen LogP contribution in [0.5, 0.6) is 0 Å². The lowest BCUT2D eigenvalue weighted by Crippen LogP contribution is -2.42. The summed E-state index contributed by atoms with van der Waals surface area (Å²) in [6.07, 6.45) is 1.43. The molecule has 3 heterocycles. The molecule has 1 aliphatic rings. The van der Waals surface area contributed by atoms with E-state index in [-0.39, 0.29) is 29.7 Å². The fourth-order valence-electron chi connectivity index (χ4n) is 4.68. The van der Waals surface area contributed by atoms with Crippen LogP contribution in [0.1, 0.15) is 18.4 Å². The average molecular weight is 513 g/mol. The number of anilines is 1. The third-order valence-electron chi connectivity index (χ3n) is 6.89. The van der Waals surface area contributed by atoms with Crippen molar-refractivity contribution in [3.63, 3.8) is 0 Å². The number of benzene rings is 2. The maximum absolute atomic E-state index is 13.2. The largest absolute Gasteiger partial charge is 0.355 e. The Hall–Kier alpha value is -4.40. The van der Waals surface area contributed by atoms with E-state index in [9.17, 15) is 14.0 Å². The van der Waals surface area contributed by atoms with E-state index in [4.69, 9.17) is 0 Å². The summed E-state index contributed by atoms with van der Waals surface area (Å²) >= 11 is 0. The summed E-state index contributed by atoms with van der Waals surface area (Å²) < 4.78 is 14.5. The van der Waals surface area contributed by atoms with Gasteiger partial charge in [0.15, 0.2) is 5.82 Å². The number of carbonyl (C=O) groups is 1. The highest BCUT2D eigenvalue weighted by Gasteiger charge is 2.25. The van der Waals surface area contributed by atoms with Crippen LogP contribution in [-0.2, 0) is 11.3 Å². The van der Waals surface area contributed by atoms with Crippen LogP contribution in [0, 0.1) is 18.7 Å². The van der Waals surface area contributed by atoms with Gasteiger partial charge in [0.05, 0.1) is 17.9 Å². The highest BCUT2D eigenvalue weighted by atomic mass is 19.1. The fourth-order valence-corrected chi connectivity index (χ4v) is 4.68. The predicted octanol–water partition coefficient (Wildman–Crippen LogP) is 3.85. The minimum absolute atomic E-state index is 0.0200. The van der Waals surface area contributed by atoms with E-state index in [1.165, 1.54) is 22.9 Å². The van der Waals surface area contributed by atoms with Gasteiger partial charge < -0.3 is 10.2 Å². The molecule has 5 rings (SSSR count). The number of hydrogen-bond acceptors (Lipinski definition) is 6. The Labute approximate surface area is 220 Å². The first-order chi connectivity index (χ1) is 18.5. The molecule has 0 bridgehead atoms. The molecule has 1 fully saturated rings. The number of rotatable bonds is 7. The van der Waals surface area contributed by atoms with Gasteiger partial charge in [-0.2, -0.15) is 5.10 Å². The van der Waals surface area contributed by atoms with Gasteiger partial charge in [-0.05, 0) is 67.8 Å². The van der Waals surface area contributed by atoms with Crippen molar-refractivity contribution >= 4 is 11.7 Å². The van der Waals surface area contributed by atoms with Crippen LogP contribution in [0.2, 0.25) is 0 Å². The lowest BCUT2D eigenvalue weighted by atomic mass is 9.96. The summed E-state index contributed by atoms with van der Waals surface area (Å²) in [5.41, 5.74) is 4.10. The van der Waals surface area contributed by atoms with Crippen LogP contribution in [-0.4, -0.2) is 45.5 Å². The van der Waals surface area contributed by atoms with Gasteiger partial charge in [0.1, 0.15) is 5.82 Å². The van der Waals surface area contributed by atoms with Crippen LogP contribution in [0.25, 0.3) is 22.5 Å². The molecule has 1 N–H and O–H groups in total. The van der Waals surface area contributed by atoms with Crippen molar-refractivity contribution in [1.82, 2.24) is 25.3 Å². The van der Waals surface area contributed by atoms with E-state index >= 15 is 0 Å². The number of nitrogens with one attached hydrogen (secondary N) is 1. The number of nitrogens with zero attached hydrogens (tertiary/aromatic N) is 5. The van der Waals surface area contributed by atoms with Crippen molar-refractivity contribution in [2.24, 2.45) is 5.92 Å². The summed E-state index contributed by atoms with van der Waals surface area (Å²) in [7, 11) is 0. The molecule has 194 valence electrons. The predicted molar refractivity (Wildman–Crippen MR) is 144 cm³/mol. The van der Waals surface area contributed by atoms with Gasteiger partial charge in [0.25, 0.3) is 5.56 Å². The number of halogens is 1. The second kappa shape index (κ2) is 11.3. The zero-order valence-corrected chi connectivity index (χ0v) is 21.2. The van der Waals surface area contributed by atoms with Crippen molar-refractivity contribution in [3.8, 4) is 22.5 Å². The van der Waals surface area contributed by atoms with E-state index in [0.717, 1.165) is 35.7 Å². The van der Waals surface area contributed by atoms with Gasteiger partial charge in [0, 0.05) is 42.7 Å². The Morgan fingerprint density at radius 1 is 0.947 bits per heavy atom. The smallest absolute Gasteiger partial charge is 0.266 e. The number of hydrogen-bond donors (Lipinski definition) is 1. The summed E-state index contributed by atoms with van der Waals surface area (Å²) in [4.78, 5) is 27.2. The minimum atomic E-state index is -0.334. The van der Waals surface area contributed by atoms with E-state index in [2.05, 4.69) is 38.5 Å². The molecular weight excluding hydrogens is 483 g/mol. The average Bonchev–Trinajstić information content (AvgIpc) is 2.95. The molecule has 1 amide bonds. The Balaban J connectivity index is 1.12. The number of aromatic nitrogens is 4. The van der Waals surface area contributed by atoms with Crippen molar-refractivity contribution in [2.75, 3.05) is 24.5 Å². The molecule has 2 aromatic carbocycles. The van der Waals surface area contributed by atoms with Crippen LogP contribution in [0.4, 0.5) is 10.2 Å². The Kier molecular flexibility index (Phi) is 7.53. The topological polar surface area (TPSA) is 93.0 Å². The fraction of sp³-hybridized carbons (Fsp3) is 0.276. The monoisotopic (exact) mass is 512 g/mol. The molecule has 0 spiro atoms. The molecule has 1 aliphatic heterocycles. The number of piperidine rings is 1. The molecule has 0 unspecified atom stereocenters. The molecule has 38 heavy (non-hydrogen) atoms. The molecule has 0 atom stereocenters. The molecule has 8 nitrogen and oxygen atoms in total. The van der Waals surface area contributed by atoms with Gasteiger partial charge in [-0.25, -0.2) is 9.07 Å². The molecule has 0 saturated carbocycles. The molecular formula is C29H29FN6O2. The van der Waals surface area contributed by atoms with E-state index < -0.39 is 0 Å². The SMILES string of the molecule is Cc1ccccc1-c1ccc(N2CCC(C(=O)NCCn3nc(-c4ccc(F)cc4)ccc3=O)CC2)nn1. The maximum atomic E-state index is 13.2. The third-order valence-corrected chi connectivity index (χ3v) is 6.89. The van der Waals surface area contributed by atoms with Crippen molar-refractivity contribution in [2.45, 2.75) is 26.3 Å². The molecule has 9 heteroatoms. The van der Waals surface area contributed by atoms with Crippen molar-refractivity contribution in [1.29, 1.82) is 0 Å². The lowest BCUT2D eigenvalue weighted by molar-refractivity contribution is -0.125. The summed E-state index contributed by atoms with van der Waals surface area (Å²) in [5.74, 6) is 0.362. The van der Waals surface area contributed by atoms with E-state index in [1.807, 2.05) is 30.3 Å². The van der Waals surface area contributed by atoms with Crippen molar-refractivity contribution in [3.05, 3.63) is 94.5 Å². The minimum Gasteiger partial charge on any atom is -0.355 e. The van der Waals surface area contributed by atoms with Gasteiger partial charge in [-0.15, -0.1) is 10.2 Å². The Bertz CT molecular complexity index is 1460. The first kappa shape index (κ1) is 25.3. The normalized spacial score (nSPS) is 13.9. The quantitative estimate of drug-likeness (QED) is 0.404. The van der Waals surface area contributed by atoms with Crippen LogP contribution in [0.3, 0.4) is 0 Å². The molecule has 0 aliphatic carbocycles. The van der Waals surface area contributed by atoms with Crippen molar-refractivity contribution < 1.29 is 9.18 Å². The summed E-state index contributed by atoms with van der Waals surface area (Å²) in [5, 5.41) is 16.2. The zero-order valence-electron chi connectivity index (χ0n) is 21.2. The Morgan fingerprint density at radius 2 is 1.68 bits per heavy atom. The highest BCUT2D eigenvalue weighted by Crippen LogP contribution is 2.25. The third kappa shape index (κ3) is 5.77. The van der Waals surface area contributed by atoms with Crippen LogP contribution >= 0.6 is 0 Å². The summed E-state index contributed by atoms with van der Waals surface area (Å²) in [6, 6.07) is 21.0. The second-order valence-electron chi connectivity index (χ2n) is 9.43. The molecule has 4 aromatic rings. The zero-order chi connectivity index (χ0) is 26.5. The van der Waals surface area contributed by atoms with Gasteiger partial charge >= 0.3 is 0 Å². The first-order valence-corrected chi connectivity index (χ1v) is 12.7. The van der Waals surface area contributed by atoms with E-state index in [0.29, 0.717) is 30.6 Å². The maximum Gasteiger partial charge on any atom is 0.266 e. The standard InChI is InChI=1S/C29H29FN6O2/c1-20-4-2-3-5-24(20)26-10-12-27(33-32-26)35-17-14-22(15-18-35)29(38)31-16-19-36-28(37)13-11-25(34-36)21-6-8-23(30)9-7-21/h2-13,22H,14-19H2,1H3,(H,31,38). The second-order valence-corrected chi connectivity index (χ2v) is 9.43. The molecule has 1 saturated heterocycles. The number of amides is 1. The lowest BCUT2D eigenvalue weighted by Gasteiger charge is -2.31. The van der Waals surface area contributed by atoms with Crippen LogP contribution < -0.4 is 15.8 Å². The first-order valence-electron chi connectivity index (χ1n) is 12.7. The van der Waals surface area contributed by atoms with Gasteiger partial charge in [0.2, 0.25) is 5.91 Å². The Morgan fingerprint density at radius 3 is 2.39 bits per heavy atom. The summed E-state index contributed by atoms with van der Waals surface area (Å²) in [6.45, 7) is 4.04. The molecule has 2 aromatic heterocycles. The van der Waals surface area contributed by atoms with E-state index in [1.54, 1.807) is 18.2 Å². The van der Waals surface area contributed by atoms with Crippen LogP contribution in [0.15, 0.2) is 77.6 Å². The number of aryl methyl sites for hydroxylation is 1. The van der Waals surface area contributed by atoms with Gasteiger partial charge in [-0.3, -0.25) is 9.59 Å². The highest BCUT2D eigenvalue weighted by molar-refractivity contribution is 5.79.